The number of hydrogen-bond acceptors (Lipinski definition) is 3. The van der Waals surface area contributed by atoms with Gasteiger partial charge in [0.15, 0.2) is 0 Å². The Kier molecular flexibility index (Phi) is 4.62. The lowest BCUT2D eigenvalue weighted by molar-refractivity contribution is -0.0226. The van der Waals surface area contributed by atoms with Crippen LogP contribution in [-0.4, -0.2) is 49.7 Å². The highest BCUT2D eigenvalue weighted by Gasteiger charge is 2.25. The van der Waals surface area contributed by atoms with Crippen LogP contribution in [0, 0.1) is 5.82 Å². The maximum Gasteiger partial charge on any atom is 0.254 e. The van der Waals surface area contributed by atoms with Crippen LogP contribution in [0.15, 0.2) is 18.2 Å². The SMILES string of the molecule is CC[C@@H]1CN(C(=O)c2ccc(N3CCCC3)c(F)c2)CCO1. The standard InChI is InChI=1S/C17H23FN2O2/c1-2-14-12-20(9-10-22-14)17(21)13-5-6-16(15(18)11-13)19-7-3-4-8-19/h5-6,11,14H,2-4,7-10,12H2,1H3/t14-/m1/s1. The van der Waals surface area contributed by atoms with Gasteiger partial charge in [-0.15, -0.1) is 0 Å². The van der Waals surface area contributed by atoms with E-state index in [1.165, 1.54) is 6.07 Å². The summed E-state index contributed by atoms with van der Waals surface area (Å²) < 4.78 is 19.9. The summed E-state index contributed by atoms with van der Waals surface area (Å²) in [5.41, 5.74) is 1.04. The lowest BCUT2D eigenvalue weighted by Crippen LogP contribution is -2.45. The predicted molar refractivity (Wildman–Crippen MR) is 83.8 cm³/mol. The molecule has 2 fully saturated rings. The molecule has 1 amide bonds. The summed E-state index contributed by atoms with van der Waals surface area (Å²) in [5, 5.41) is 0. The van der Waals surface area contributed by atoms with Crippen molar-refractivity contribution in [2.45, 2.75) is 32.3 Å². The topological polar surface area (TPSA) is 32.8 Å². The van der Waals surface area contributed by atoms with Gasteiger partial charge >= 0.3 is 0 Å². The number of benzene rings is 1. The summed E-state index contributed by atoms with van der Waals surface area (Å²) in [6.07, 6.45) is 3.18. The molecule has 0 saturated carbocycles. The molecule has 1 atom stereocenters. The highest BCUT2D eigenvalue weighted by molar-refractivity contribution is 5.94. The first-order chi connectivity index (χ1) is 10.7. The second-order valence-electron chi connectivity index (χ2n) is 6.01. The molecule has 0 N–H and O–H groups in total. The van der Waals surface area contributed by atoms with E-state index in [9.17, 15) is 9.18 Å². The van der Waals surface area contributed by atoms with Crippen molar-refractivity contribution in [2.24, 2.45) is 0 Å². The number of nitrogens with zero attached hydrogens (tertiary/aromatic N) is 2. The van der Waals surface area contributed by atoms with E-state index >= 15 is 0 Å². The normalized spacial score (nSPS) is 22.2. The highest BCUT2D eigenvalue weighted by Crippen LogP contribution is 2.25. The van der Waals surface area contributed by atoms with Crippen LogP contribution in [0.2, 0.25) is 0 Å². The molecule has 5 heteroatoms. The minimum absolute atomic E-state index is 0.0893. The molecule has 1 aromatic rings. The van der Waals surface area contributed by atoms with Crippen LogP contribution in [-0.2, 0) is 4.74 Å². The minimum atomic E-state index is -0.298. The maximum absolute atomic E-state index is 14.3. The lowest BCUT2D eigenvalue weighted by Gasteiger charge is -2.32. The Morgan fingerprint density at radius 1 is 1.32 bits per heavy atom. The molecular formula is C17H23FN2O2. The van der Waals surface area contributed by atoms with Gasteiger partial charge in [0.25, 0.3) is 5.91 Å². The Morgan fingerprint density at radius 2 is 2.09 bits per heavy atom. The number of anilines is 1. The van der Waals surface area contributed by atoms with Gasteiger partial charge in [0.05, 0.1) is 18.4 Å². The van der Waals surface area contributed by atoms with Gasteiger partial charge in [0.2, 0.25) is 0 Å². The van der Waals surface area contributed by atoms with E-state index < -0.39 is 0 Å². The van der Waals surface area contributed by atoms with Crippen molar-refractivity contribution < 1.29 is 13.9 Å². The molecule has 120 valence electrons. The summed E-state index contributed by atoms with van der Waals surface area (Å²) in [7, 11) is 0. The van der Waals surface area contributed by atoms with Gasteiger partial charge in [-0.25, -0.2) is 4.39 Å². The summed E-state index contributed by atoms with van der Waals surface area (Å²) in [6, 6.07) is 4.87. The molecule has 0 aliphatic carbocycles. The zero-order chi connectivity index (χ0) is 15.5. The van der Waals surface area contributed by atoms with Gasteiger partial charge in [-0.05, 0) is 37.5 Å². The quantitative estimate of drug-likeness (QED) is 0.861. The van der Waals surface area contributed by atoms with E-state index in [0.717, 1.165) is 32.4 Å². The van der Waals surface area contributed by atoms with Crippen molar-refractivity contribution in [2.75, 3.05) is 37.7 Å². The van der Waals surface area contributed by atoms with Gasteiger partial charge < -0.3 is 14.5 Å². The summed E-state index contributed by atoms with van der Waals surface area (Å²) in [5.74, 6) is -0.401. The Balaban J connectivity index is 1.74. The summed E-state index contributed by atoms with van der Waals surface area (Å²) in [6.45, 7) is 5.55. The van der Waals surface area contributed by atoms with Crippen molar-refractivity contribution in [3.63, 3.8) is 0 Å². The zero-order valence-electron chi connectivity index (χ0n) is 13.1. The fourth-order valence-electron chi connectivity index (χ4n) is 3.19. The van der Waals surface area contributed by atoms with Crippen molar-refractivity contribution in [1.82, 2.24) is 4.90 Å². The molecule has 2 aliphatic heterocycles. The zero-order valence-corrected chi connectivity index (χ0v) is 13.1. The maximum atomic E-state index is 14.3. The van der Waals surface area contributed by atoms with Crippen molar-refractivity contribution in [3.8, 4) is 0 Å². The first-order valence-corrected chi connectivity index (χ1v) is 8.14. The molecule has 2 saturated heterocycles. The van der Waals surface area contributed by atoms with Crippen LogP contribution in [0.25, 0.3) is 0 Å². The van der Waals surface area contributed by atoms with Crippen LogP contribution >= 0.6 is 0 Å². The van der Waals surface area contributed by atoms with Crippen LogP contribution in [0.5, 0.6) is 0 Å². The molecule has 1 aromatic carbocycles. The second kappa shape index (κ2) is 6.65. The number of morpholine rings is 1. The fourth-order valence-corrected chi connectivity index (χ4v) is 3.19. The monoisotopic (exact) mass is 306 g/mol. The largest absolute Gasteiger partial charge is 0.375 e. The van der Waals surface area contributed by atoms with E-state index in [1.54, 1.807) is 17.0 Å². The Bertz CT molecular complexity index is 543. The lowest BCUT2D eigenvalue weighted by atomic mass is 10.1. The highest BCUT2D eigenvalue weighted by atomic mass is 19.1. The van der Waals surface area contributed by atoms with Gasteiger partial charge in [0, 0.05) is 31.7 Å². The number of ether oxygens (including phenoxy) is 1. The number of hydrogen-bond donors (Lipinski definition) is 0. The third-order valence-corrected chi connectivity index (χ3v) is 4.52. The van der Waals surface area contributed by atoms with Gasteiger partial charge in [-0.3, -0.25) is 4.79 Å². The molecule has 0 aromatic heterocycles. The molecule has 0 unspecified atom stereocenters. The fraction of sp³-hybridized carbons (Fsp3) is 0.588. The molecule has 2 aliphatic rings. The molecule has 3 rings (SSSR count). The molecular weight excluding hydrogens is 283 g/mol. The second-order valence-corrected chi connectivity index (χ2v) is 6.01. The van der Waals surface area contributed by atoms with Crippen molar-refractivity contribution in [1.29, 1.82) is 0 Å². The molecule has 0 radical (unpaired) electrons. The predicted octanol–water partition coefficient (Wildman–Crippen LogP) is 2.68. The Labute approximate surface area is 130 Å². The Hall–Kier alpha value is -1.62. The minimum Gasteiger partial charge on any atom is -0.375 e. The molecule has 22 heavy (non-hydrogen) atoms. The van der Waals surface area contributed by atoms with E-state index in [1.807, 2.05) is 11.8 Å². The van der Waals surface area contributed by atoms with E-state index in [0.29, 0.717) is 30.9 Å². The first kappa shape index (κ1) is 15.3. The van der Waals surface area contributed by atoms with Gasteiger partial charge in [0.1, 0.15) is 5.82 Å². The number of carbonyl (C=O) groups excluding carboxylic acids is 1. The first-order valence-electron chi connectivity index (χ1n) is 8.14. The van der Waals surface area contributed by atoms with Crippen LogP contribution in [0.3, 0.4) is 0 Å². The third-order valence-electron chi connectivity index (χ3n) is 4.52. The van der Waals surface area contributed by atoms with Crippen molar-refractivity contribution >= 4 is 11.6 Å². The number of carbonyl (C=O) groups is 1. The van der Waals surface area contributed by atoms with Crippen LogP contribution in [0.4, 0.5) is 10.1 Å². The molecule has 2 heterocycles. The van der Waals surface area contributed by atoms with E-state index in [2.05, 4.69) is 0 Å². The van der Waals surface area contributed by atoms with Gasteiger partial charge in [-0.2, -0.15) is 0 Å². The summed E-state index contributed by atoms with van der Waals surface area (Å²) in [4.78, 5) is 16.3. The van der Waals surface area contributed by atoms with Gasteiger partial charge in [-0.1, -0.05) is 6.92 Å². The van der Waals surface area contributed by atoms with E-state index in [4.69, 9.17) is 4.74 Å². The molecule has 0 spiro atoms. The molecule has 0 bridgehead atoms. The van der Waals surface area contributed by atoms with E-state index in [-0.39, 0.29) is 17.8 Å². The van der Waals surface area contributed by atoms with Crippen LogP contribution in [0.1, 0.15) is 36.5 Å². The number of amides is 1. The average molecular weight is 306 g/mol. The Morgan fingerprint density at radius 3 is 2.77 bits per heavy atom. The smallest absolute Gasteiger partial charge is 0.254 e. The van der Waals surface area contributed by atoms with Crippen LogP contribution < -0.4 is 4.90 Å². The molecule has 4 nitrogen and oxygen atoms in total. The summed E-state index contributed by atoms with van der Waals surface area (Å²) >= 11 is 0. The average Bonchev–Trinajstić information content (AvgIpc) is 3.08. The number of halogens is 1. The van der Waals surface area contributed by atoms with Crippen molar-refractivity contribution in [3.05, 3.63) is 29.6 Å². The number of rotatable bonds is 3. The third kappa shape index (κ3) is 3.09.